The van der Waals surface area contributed by atoms with E-state index in [9.17, 15) is 4.79 Å². The minimum atomic E-state index is -0.000170. The molecule has 4 heteroatoms. The van der Waals surface area contributed by atoms with Crippen LogP contribution in [0.2, 0.25) is 10.0 Å². The van der Waals surface area contributed by atoms with E-state index < -0.39 is 0 Å². The third kappa shape index (κ3) is 1.54. The van der Waals surface area contributed by atoms with E-state index in [1.54, 1.807) is 19.1 Å². The molecule has 1 heterocycles. The van der Waals surface area contributed by atoms with Crippen LogP contribution in [-0.4, -0.2) is 4.98 Å². The maximum Gasteiger partial charge on any atom is 0.192 e. The molecule has 0 aliphatic heterocycles. The molecule has 78 valence electrons. The van der Waals surface area contributed by atoms with Gasteiger partial charge in [0.05, 0.1) is 15.6 Å². The lowest BCUT2D eigenvalue weighted by atomic mass is 10.1. The van der Waals surface area contributed by atoms with Crippen molar-refractivity contribution >= 4 is 34.1 Å². The molecule has 0 aliphatic rings. The summed E-state index contributed by atoms with van der Waals surface area (Å²) >= 11 is 11.9. The number of rotatable bonds is 0. The third-order valence-corrected chi connectivity index (χ3v) is 3.36. The Bertz CT molecular complexity index is 602. The van der Waals surface area contributed by atoms with E-state index in [0.717, 1.165) is 5.69 Å². The van der Waals surface area contributed by atoms with Crippen LogP contribution in [0, 0.1) is 13.8 Å². The smallest absolute Gasteiger partial charge is 0.192 e. The second-order valence-corrected chi connectivity index (χ2v) is 4.27. The largest absolute Gasteiger partial charge is 0.357 e. The van der Waals surface area contributed by atoms with Crippen molar-refractivity contribution in [2.75, 3.05) is 0 Å². The molecule has 0 atom stereocenters. The lowest BCUT2D eigenvalue weighted by Gasteiger charge is -2.06. The Hall–Kier alpha value is -0.990. The van der Waals surface area contributed by atoms with Crippen LogP contribution in [0.25, 0.3) is 10.9 Å². The highest BCUT2D eigenvalue weighted by Gasteiger charge is 2.09. The summed E-state index contributed by atoms with van der Waals surface area (Å²) in [7, 11) is 0. The number of halogens is 2. The minimum absolute atomic E-state index is 0.000170. The van der Waals surface area contributed by atoms with E-state index in [1.807, 2.05) is 6.92 Å². The number of fused-ring (bicyclic) bond motifs is 1. The molecule has 0 saturated heterocycles. The van der Waals surface area contributed by atoms with Crippen molar-refractivity contribution in [3.63, 3.8) is 0 Å². The number of benzene rings is 1. The van der Waals surface area contributed by atoms with Crippen LogP contribution >= 0.6 is 23.2 Å². The Morgan fingerprint density at radius 3 is 2.53 bits per heavy atom. The minimum Gasteiger partial charge on any atom is -0.357 e. The number of H-pyrrole nitrogens is 1. The van der Waals surface area contributed by atoms with Gasteiger partial charge in [-0.2, -0.15) is 0 Å². The fraction of sp³-hybridized carbons (Fsp3) is 0.182. The van der Waals surface area contributed by atoms with E-state index in [-0.39, 0.29) is 5.43 Å². The Kier molecular flexibility index (Phi) is 2.49. The number of hydrogen-bond donors (Lipinski definition) is 1. The van der Waals surface area contributed by atoms with Gasteiger partial charge in [0.1, 0.15) is 0 Å². The lowest BCUT2D eigenvalue weighted by Crippen LogP contribution is -2.09. The van der Waals surface area contributed by atoms with Gasteiger partial charge in [-0.25, -0.2) is 0 Å². The number of hydrogen-bond acceptors (Lipinski definition) is 1. The summed E-state index contributed by atoms with van der Waals surface area (Å²) in [4.78, 5) is 15.0. The van der Waals surface area contributed by atoms with Crippen LogP contribution in [0.4, 0.5) is 0 Å². The Morgan fingerprint density at radius 1 is 1.20 bits per heavy atom. The van der Waals surface area contributed by atoms with Gasteiger partial charge in [-0.1, -0.05) is 23.2 Å². The summed E-state index contributed by atoms with van der Waals surface area (Å²) in [6.45, 7) is 3.63. The first kappa shape index (κ1) is 10.5. The van der Waals surface area contributed by atoms with E-state index in [0.29, 0.717) is 26.5 Å². The van der Waals surface area contributed by atoms with Crippen LogP contribution in [0.15, 0.2) is 16.9 Å². The number of aromatic nitrogens is 1. The molecule has 0 fully saturated rings. The number of nitrogens with one attached hydrogen (secondary N) is 1. The first-order valence-corrected chi connectivity index (χ1v) is 5.25. The second-order valence-electron chi connectivity index (χ2n) is 3.49. The Balaban J connectivity index is 3.06. The van der Waals surface area contributed by atoms with Gasteiger partial charge < -0.3 is 4.98 Å². The van der Waals surface area contributed by atoms with Crippen LogP contribution < -0.4 is 5.43 Å². The Labute approximate surface area is 96.8 Å². The average molecular weight is 242 g/mol. The number of pyridine rings is 1. The lowest BCUT2D eigenvalue weighted by molar-refractivity contribution is 1.18. The zero-order chi connectivity index (χ0) is 11.2. The second kappa shape index (κ2) is 3.54. The average Bonchev–Trinajstić information content (AvgIpc) is 2.21. The van der Waals surface area contributed by atoms with Gasteiger partial charge in [0.2, 0.25) is 0 Å². The quantitative estimate of drug-likeness (QED) is 0.753. The van der Waals surface area contributed by atoms with Crippen molar-refractivity contribution in [1.29, 1.82) is 0 Å². The van der Waals surface area contributed by atoms with Crippen LogP contribution in [0.5, 0.6) is 0 Å². The van der Waals surface area contributed by atoms with Crippen molar-refractivity contribution in [3.05, 3.63) is 43.7 Å². The number of aryl methyl sites for hydroxylation is 1. The Morgan fingerprint density at radius 2 is 1.87 bits per heavy atom. The molecule has 2 rings (SSSR count). The fourth-order valence-electron chi connectivity index (χ4n) is 1.52. The summed E-state index contributed by atoms with van der Waals surface area (Å²) < 4.78 is 0. The monoisotopic (exact) mass is 241 g/mol. The third-order valence-electron chi connectivity index (χ3n) is 2.56. The van der Waals surface area contributed by atoms with Gasteiger partial charge in [0, 0.05) is 16.6 Å². The zero-order valence-corrected chi connectivity index (χ0v) is 9.83. The van der Waals surface area contributed by atoms with Crippen LogP contribution in [-0.2, 0) is 0 Å². The van der Waals surface area contributed by atoms with Gasteiger partial charge in [0.15, 0.2) is 5.43 Å². The molecule has 0 amide bonds. The molecule has 1 N–H and O–H groups in total. The highest BCUT2D eigenvalue weighted by Crippen LogP contribution is 2.28. The molecule has 0 bridgehead atoms. The van der Waals surface area contributed by atoms with Crippen LogP contribution in [0.3, 0.4) is 0 Å². The number of aromatic amines is 1. The molecule has 15 heavy (non-hydrogen) atoms. The standard InChI is InChI=1S/C11H9Cl2NO/c1-5-6(2)14-10-7(11(5)15)3-4-8(12)9(10)13/h3-4H,1-2H3,(H,14,15). The van der Waals surface area contributed by atoms with Crippen molar-refractivity contribution in [2.45, 2.75) is 13.8 Å². The first-order chi connectivity index (χ1) is 7.02. The molecule has 2 aromatic rings. The predicted molar refractivity (Wildman–Crippen MR) is 64.1 cm³/mol. The highest BCUT2D eigenvalue weighted by atomic mass is 35.5. The first-order valence-electron chi connectivity index (χ1n) is 4.49. The SMILES string of the molecule is Cc1[nH]c2c(Cl)c(Cl)ccc2c(=O)c1C. The van der Waals surface area contributed by atoms with E-state index in [1.165, 1.54) is 0 Å². The zero-order valence-electron chi connectivity index (χ0n) is 8.32. The van der Waals surface area contributed by atoms with Gasteiger partial charge in [-0.15, -0.1) is 0 Å². The highest BCUT2D eigenvalue weighted by molar-refractivity contribution is 6.44. The van der Waals surface area contributed by atoms with Crippen LogP contribution in [0.1, 0.15) is 11.3 Å². The summed E-state index contributed by atoms with van der Waals surface area (Å²) in [5, 5.41) is 1.42. The molecular weight excluding hydrogens is 233 g/mol. The van der Waals surface area contributed by atoms with Crippen molar-refractivity contribution in [1.82, 2.24) is 4.98 Å². The summed E-state index contributed by atoms with van der Waals surface area (Å²) in [6, 6.07) is 3.32. The molecule has 0 unspecified atom stereocenters. The predicted octanol–water partition coefficient (Wildman–Crippen LogP) is 3.45. The molecule has 0 radical (unpaired) electrons. The van der Waals surface area contributed by atoms with Gasteiger partial charge in [-0.05, 0) is 26.0 Å². The van der Waals surface area contributed by atoms with E-state index in [2.05, 4.69) is 4.98 Å². The van der Waals surface area contributed by atoms with Crippen molar-refractivity contribution in [3.8, 4) is 0 Å². The summed E-state index contributed by atoms with van der Waals surface area (Å²) in [5.74, 6) is 0. The normalized spacial score (nSPS) is 10.9. The van der Waals surface area contributed by atoms with Crippen molar-refractivity contribution < 1.29 is 0 Å². The van der Waals surface area contributed by atoms with Crippen molar-refractivity contribution in [2.24, 2.45) is 0 Å². The molecule has 2 nitrogen and oxygen atoms in total. The molecule has 1 aromatic carbocycles. The van der Waals surface area contributed by atoms with Gasteiger partial charge in [-0.3, -0.25) is 4.79 Å². The molecule has 1 aromatic heterocycles. The van der Waals surface area contributed by atoms with E-state index in [4.69, 9.17) is 23.2 Å². The van der Waals surface area contributed by atoms with Gasteiger partial charge in [0.25, 0.3) is 0 Å². The van der Waals surface area contributed by atoms with E-state index >= 15 is 0 Å². The molecule has 0 spiro atoms. The summed E-state index contributed by atoms with van der Waals surface area (Å²) in [6.07, 6.45) is 0. The van der Waals surface area contributed by atoms with Gasteiger partial charge >= 0.3 is 0 Å². The topological polar surface area (TPSA) is 32.9 Å². The summed E-state index contributed by atoms with van der Waals surface area (Å²) in [5.41, 5.74) is 2.13. The molecular formula is C11H9Cl2NO. The maximum atomic E-state index is 11.9. The fourth-order valence-corrected chi connectivity index (χ4v) is 1.89. The molecule has 0 saturated carbocycles. The maximum absolute atomic E-state index is 11.9. The molecule has 0 aliphatic carbocycles.